The molecular formula is C19H28N6. The van der Waals surface area contributed by atoms with Crippen molar-refractivity contribution in [3.8, 4) is 0 Å². The van der Waals surface area contributed by atoms with E-state index in [1.807, 2.05) is 0 Å². The zero-order chi connectivity index (χ0) is 17.8. The second kappa shape index (κ2) is 7.68. The summed E-state index contributed by atoms with van der Waals surface area (Å²) in [6.07, 6.45) is 1.69. The molecule has 0 radical (unpaired) electrons. The van der Waals surface area contributed by atoms with E-state index in [-0.39, 0.29) is 0 Å². The minimum Gasteiger partial charge on any atom is -0.368 e. The van der Waals surface area contributed by atoms with E-state index in [9.17, 15) is 0 Å². The summed E-state index contributed by atoms with van der Waals surface area (Å²) in [5.74, 6) is 2.09. The van der Waals surface area contributed by atoms with E-state index in [4.69, 9.17) is 0 Å². The second-order valence-corrected chi connectivity index (χ2v) is 7.11. The molecule has 1 N–H and O–H groups in total. The topological polar surface area (TPSA) is 57.2 Å². The van der Waals surface area contributed by atoms with Crippen molar-refractivity contribution in [2.75, 3.05) is 47.8 Å². The van der Waals surface area contributed by atoms with E-state index < -0.39 is 0 Å². The standard InChI is InChI=1S/C19H28N6/c1-14(2)12-20-18-13-21-23-19(22-18)25-10-8-24(9-11-25)17-7-5-6-15(3)16(17)4/h5-7,13-14H,8-12H2,1-4H3,(H,20,22,23). The Morgan fingerprint density at radius 1 is 1.08 bits per heavy atom. The third-order valence-electron chi connectivity index (χ3n) is 4.72. The number of rotatable bonds is 5. The van der Waals surface area contributed by atoms with Crippen molar-refractivity contribution in [2.45, 2.75) is 27.7 Å². The predicted octanol–water partition coefficient (Wildman–Crippen LogP) is 2.88. The van der Waals surface area contributed by atoms with E-state index >= 15 is 0 Å². The first-order valence-corrected chi connectivity index (χ1v) is 9.04. The molecule has 6 nitrogen and oxygen atoms in total. The highest BCUT2D eigenvalue weighted by molar-refractivity contribution is 5.57. The lowest BCUT2D eigenvalue weighted by Gasteiger charge is -2.36. The molecule has 0 unspecified atom stereocenters. The lowest BCUT2D eigenvalue weighted by Crippen LogP contribution is -2.47. The Labute approximate surface area is 150 Å². The van der Waals surface area contributed by atoms with Gasteiger partial charge in [0.25, 0.3) is 0 Å². The number of nitrogens with one attached hydrogen (secondary N) is 1. The lowest BCUT2D eigenvalue weighted by atomic mass is 10.1. The van der Waals surface area contributed by atoms with Gasteiger partial charge in [-0.15, -0.1) is 5.10 Å². The molecule has 1 saturated heterocycles. The van der Waals surface area contributed by atoms with Crippen LogP contribution < -0.4 is 15.1 Å². The maximum Gasteiger partial charge on any atom is 0.247 e. The van der Waals surface area contributed by atoms with Crippen LogP contribution in [-0.4, -0.2) is 47.9 Å². The van der Waals surface area contributed by atoms with Crippen LogP contribution in [0.3, 0.4) is 0 Å². The maximum absolute atomic E-state index is 4.62. The minimum atomic E-state index is 0.569. The average molecular weight is 340 g/mol. The van der Waals surface area contributed by atoms with Gasteiger partial charge in [0, 0.05) is 38.4 Å². The summed E-state index contributed by atoms with van der Waals surface area (Å²) in [6, 6.07) is 6.53. The molecule has 1 aliphatic heterocycles. The van der Waals surface area contributed by atoms with Gasteiger partial charge in [0.2, 0.25) is 5.95 Å². The smallest absolute Gasteiger partial charge is 0.247 e. The molecule has 0 aliphatic carbocycles. The zero-order valence-electron chi connectivity index (χ0n) is 15.7. The van der Waals surface area contributed by atoms with Crippen molar-refractivity contribution < 1.29 is 0 Å². The van der Waals surface area contributed by atoms with E-state index in [2.05, 4.69) is 76.2 Å². The van der Waals surface area contributed by atoms with Gasteiger partial charge < -0.3 is 15.1 Å². The SMILES string of the molecule is Cc1cccc(N2CCN(c3nncc(NCC(C)C)n3)CC2)c1C. The molecule has 0 spiro atoms. The highest BCUT2D eigenvalue weighted by Gasteiger charge is 2.21. The predicted molar refractivity (Wildman–Crippen MR) is 103 cm³/mol. The van der Waals surface area contributed by atoms with Gasteiger partial charge in [0.15, 0.2) is 5.82 Å². The number of anilines is 3. The quantitative estimate of drug-likeness (QED) is 0.903. The van der Waals surface area contributed by atoms with Gasteiger partial charge in [0.1, 0.15) is 0 Å². The lowest BCUT2D eigenvalue weighted by molar-refractivity contribution is 0.633. The molecule has 0 atom stereocenters. The molecule has 0 saturated carbocycles. The van der Waals surface area contributed by atoms with Crippen LogP contribution in [-0.2, 0) is 0 Å². The van der Waals surface area contributed by atoms with Crippen LogP contribution in [0.5, 0.6) is 0 Å². The zero-order valence-corrected chi connectivity index (χ0v) is 15.7. The highest BCUT2D eigenvalue weighted by Crippen LogP contribution is 2.24. The molecule has 134 valence electrons. The summed E-state index contributed by atoms with van der Waals surface area (Å²) in [6.45, 7) is 13.4. The third kappa shape index (κ3) is 4.18. The highest BCUT2D eigenvalue weighted by atomic mass is 15.4. The Hall–Kier alpha value is -2.37. The Kier molecular flexibility index (Phi) is 5.36. The molecule has 2 heterocycles. The van der Waals surface area contributed by atoms with Crippen LogP contribution in [0, 0.1) is 19.8 Å². The van der Waals surface area contributed by atoms with Gasteiger partial charge in [-0.1, -0.05) is 26.0 Å². The monoisotopic (exact) mass is 340 g/mol. The summed E-state index contributed by atoms with van der Waals surface area (Å²) < 4.78 is 0. The fourth-order valence-electron chi connectivity index (χ4n) is 3.05. The first kappa shape index (κ1) is 17.5. The number of piperazine rings is 1. The van der Waals surface area contributed by atoms with Crippen molar-refractivity contribution in [1.82, 2.24) is 15.2 Å². The minimum absolute atomic E-state index is 0.569. The molecule has 0 amide bonds. The van der Waals surface area contributed by atoms with Crippen LogP contribution in [0.15, 0.2) is 24.4 Å². The van der Waals surface area contributed by atoms with Crippen LogP contribution in [0.1, 0.15) is 25.0 Å². The van der Waals surface area contributed by atoms with Gasteiger partial charge in [-0.25, -0.2) is 0 Å². The summed E-state index contributed by atoms with van der Waals surface area (Å²) >= 11 is 0. The van der Waals surface area contributed by atoms with Crippen LogP contribution >= 0.6 is 0 Å². The van der Waals surface area contributed by atoms with Crippen LogP contribution in [0.2, 0.25) is 0 Å². The number of benzene rings is 1. The van der Waals surface area contributed by atoms with Gasteiger partial charge >= 0.3 is 0 Å². The third-order valence-corrected chi connectivity index (χ3v) is 4.72. The van der Waals surface area contributed by atoms with Crippen LogP contribution in [0.4, 0.5) is 17.5 Å². The molecule has 3 rings (SSSR count). The van der Waals surface area contributed by atoms with Crippen molar-refractivity contribution in [2.24, 2.45) is 5.92 Å². The molecule has 1 aromatic carbocycles. The molecule has 0 bridgehead atoms. The molecule has 1 fully saturated rings. The number of aryl methyl sites for hydroxylation is 1. The average Bonchev–Trinajstić information content (AvgIpc) is 2.63. The van der Waals surface area contributed by atoms with Gasteiger partial charge in [0.05, 0.1) is 6.20 Å². The second-order valence-electron chi connectivity index (χ2n) is 7.11. The molecular weight excluding hydrogens is 312 g/mol. The van der Waals surface area contributed by atoms with Gasteiger partial charge in [-0.3, -0.25) is 0 Å². The maximum atomic E-state index is 4.62. The molecule has 1 aromatic heterocycles. The molecule has 2 aromatic rings. The first-order chi connectivity index (χ1) is 12.0. The normalized spacial score (nSPS) is 14.9. The summed E-state index contributed by atoms with van der Waals surface area (Å²) in [4.78, 5) is 9.29. The van der Waals surface area contributed by atoms with Crippen molar-refractivity contribution >= 4 is 17.5 Å². The summed E-state index contributed by atoms with van der Waals surface area (Å²) in [5, 5.41) is 11.7. The van der Waals surface area contributed by atoms with E-state index in [0.717, 1.165) is 44.5 Å². The summed E-state index contributed by atoms with van der Waals surface area (Å²) in [7, 11) is 0. The van der Waals surface area contributed by atoms with E-state index in [1.165, 1.54) is 16.8 Å². The largest absolute Gasteiger partial charge is 0.368 e. The fourth-order valence-corrected chi connectivity index (χ4v) is 3.05. The van der Waals surface area contributed by atoms with Crippen molar-refractivity contribution in [1.29, 1.82) is 0 Å². The number of hydrogen-bond acceptors (Lipinski definition) is 6. The molecule has 1 aliphatic rings. The van der Waals surface area contributed by atoms with E-state index in [1.54, 1.807) is 6.20 Å². The molecule has 6 heteroatoms. The van der Waals surface area contributed by atoms with E-state index in [0.29, 0.717) is 5.92 Å². The van der Waals surface area contributed by atoms with Gasteiger partial charge in [-0.05, 0) is 37.0 Å². The Bertz CT molecular complexity index is 707. The number of aromatic nitrogens is 3. The van der Waals surface area contributed by atoms with Crippen molar-refractivity contribution in [3.63, 3.8) is 0 Å². The fraction of sp³-hybridized carbons (Fsp3) is 0.526. The Morgan fingerprint density at radius 2 is 1.80 bits per heavy atom. The Balaban J connectivity index is 1.64. The molecule has 25 heavy (non-hydrogen) atoms. The Morgan fingerprint density at radius 3 is 2.52 bits per heavy atom. The summed E-state index contributed by atoms with van der Waals surface area (Å²) in [5.41, 5.74) is 4.05. The van der Waals surface area contributed by atoms with Crippen molar-refractivity contribution in [3.05, 3.63) is 35.5 Å². The van der Waals surface area contributed by atoms with Crippen LogP contribution in [0.25, 0.3) is 0 Å². The first-order valence-electron chi connectivity index (χ1n) is 9.04. The number of nitrogens with zero attached hydrogens (tertiary/aromatic N) is 5. The van der Waals surface area contributed by atoms with Gasteiger partial charge in [-0.2, -0.15) is 10.1 Å². The number of hydrogen-bond donors (Lipinski definition) is 1.